The van der Waals surface area contributed by atoms with Gasteiger partial charge in [-0.3, -0.25) is 0 Å². The van der Waals surface area contributed by atoms with Gasteiger partial charge in [0.25, 0.3) is 5.60 Å². The van der Waals surface area contributed by atoms with Crippen LogP contribution in [0.25, 0.3) is 0 Å². The second kappa shape index (κ2) is 6.97. The van der Waals surface area contributed by atoms with Crippen molar-refractivity contribution < 1.29 is 22.3 Å². The first-order valence-corrected chi connectivity index (χ1v) is 9.07. The molecule has 1 aliphatic heterocycles. The monoisotopic (exact) mass is 419 g/mol. The van der Waals surface area contributed by atoms with E-state index < -0.39 is 29.0 Å². The zero-order valence-electron chi connectivity index (χ0n) is 14.8. The Kier molecular flexibility index (Phi) is 4.71. The minimum atomic E-state index is -5.11. The molecule has 0 aliphatic carbocycles. The van der Waals surface area contributed by atoms with E-state index in [1.54, 1.807) is 60.7 Å². The number of benzene rings is 3. The average molecular weight is 420 g/mol. The first kappa shape index (κ1) is 19.6. The Balaban J connectivity index is 1.99. The Morgan fingerprint density at radius 1 is 0.724 bits per heavy atom. The molecule has 1 aliphatic rings. The van der Waals surface area contributed by atoms with Crippen molar-refractivity contribution in [3.05, 3.63) is 107 Å². The third-order valence-corrected chi connectivity index (χ3v) is 5.08. The van der Waals surface area contributed by atoms with E-state index in [-0.39, 0.29) is 16.1 Å². The summed E-state index contributed by atoms with van der Waals surface area (Å²) in [6.07, 6.45) is -5.11. The van der Waals surface area contributed by atoms with Crippen LogP contribution in [0.5, 0.6) is 0 Å². The lowest BCUT2D eigenvalue weighted by molar-refractivity contribution is -0.274. The minimum absolute atomic E-state index is 0.221. The minimum Gasteiger partial charge on any atom is -0.316 e. The molecule has 7 heteroatoms. The van der Waals surface area contributed by atoms with Gasteiger partial charge in [0, 0.05) is 21.7 Å². The normalized spacial score (nSPS) is 21.1. The molecule has 0 N–H and O–H groups in total. The molecule has 0 spiro atoms. The third kappa shape index (κ3) is 3.03. The van der Waals surface area contributed by atoms with E-state index in [4.69, 9.17) is 16.3 Å². The van der Waals surface area contributed by atoms with E-state index in [1.165, 1.54) is 12.1 Å². The van der Waals surface area contributed by atoms with Crippen LogP contribution in [0.4, 0.5) is 17.6 Å². The predicted molar refractivity (Wildman–Crippen MR) is 102 cm³/mol. The number of alkyl halides is 3. The highest BCUT2D eigenvalue weighted by molar-refractivity contribution is 6.30. The summed E-state index contributed by atoms with van der Waals surface area (Å²) in [7, 11) is 0. The summed E-state index contributed by atoms with van der Waals surface area (Å²) >= 11 is 5.82. The zero-order chi connectivity index (χ0) is 20.7. The van der Waals surface area contributed by atoms with E-state index in [0.717, 1.165) is 12.1 Å². The summed E-state index contributed by atoms with van der Waals surface area (Å²) in [5, 5.41) is 0.221. The summed E-state index contributed by atoms with van der Waals surface area (Å²) < 4.78 is 64.0. The van der Waals surface area contributed by atoms with Gasteiger partial charge in [-0.05, 0) is 12.1 Å². The van der Waals surface area contributed by atoms with Crippen LogP contribution in [0.15, 0.2) is 89.9 Å². The van der Waals surface area contributed by atoms with Crippen LogP contribution in [0.1, 0.15) is 16.7 Å². The van der Waals surface area contributed by atoms with Crippen molar-refractivity contribution in [2.24, 2.45) is 4.99 Å². The first-order chi connectivity index (χ1) is 13.8. The van der Waals surface area contributed by atoms with Crippen LogP contribution in [0.2, 0.25) is 5.02 Å². The molecule has 4 rings (SSSR count). The maximum atomic E-state index is 15.3. The van der Waals surface area contributed by atoms with E-state index in [1.807, 2.05) is 0 Å². The van der Waals surface area contributed by atoms with Gasteiger partial charge >= 0.3 is 6.18 Å². The summed E-state index contributed by atoms with van der Waals surface area (Å²) in [6, 6.07) is 20.8. The standard InChI is InChI=1S/C22H14ClF4NO/c23-18-13-11-15(12-14-18)20(22(25,26)27)19(24)28-21(29-20,16-7-3-1-4-8-16)17-9-5-2-6-10-17/h1-14H. The second-order valence-corrected chi connectivity index (χ2v) is 7.00. The Hall–Kier alpha value is -2.70. The molecule has 3 aromatic carbocycles. The number of aliphatic imine (C=N–C) groups is 1. The molecule has 1 unspecified atom stereocenters. The van der Waals surface area contributed by atoms with Crippen LogP contribution < -0.4 is 0 Å². The first-order valence-electron chi connectivity index (χ1n) is 8.69. The maximum Gasteiger partial charge on any atom is 0.430 e. The molecule has 29 heavy (non-hydrogen) atoms. The lowest BCUT2D eigenvalue weighted by Gasteiger charge is -2.35. The summed E-state index contributed by atoms with van der Waals surface area (Å²) in [4.78, 5) is 3.85. The topological polar surface area (TPSA) is 21.6 Å². The van der Waals surface area contributed by atoms with Gasteiger partial charge in [0.15, 0.2) is 0 Å². The lowest BCUT2D eigenvalue weighted by atomic mass is 9.92. The number of ether oxygens (including phenoxy) is 1. The molecule has 0 saturated heterocycles. The molecular formula is C22H14ClF4NO. The predicted octanol–water partition coefficient (Wildman–Crippen LogP) is 6.40. The molecule has 148 valence electrons. The van der Waals surface area contributed by atoms with Crippen molar-refractivity contribution in [3.8, 4) is 0 Å². The highest BCUT2D eigenvalue weighted by atomic mass is 35.5. The van der Waals surface area contributed by atoms with E-state index in [2.05, 4.69) is 4.99 Å². The van der Waals surface area contributed by atoms with Gasteiger partial charge in [-0.1, -0.05) is 84.4 Å². The largest absolute Gasteiger partial charge is 0.430 e. The summed E-state index contributed by atoms with van der Waals surface area (Å²) in [5.41, 5.74) is -5.24. The van der Waals surface area contributed by atoms with Gasteiger partial charge in [0.05, 0.1) is 0 Å². The van der Waals surface area contributed by atoms with E-state index >= 15 is 4.39 Å². The van der Waals surface area contributed by atoms with Gasteiger partial charge in [-0.15, -0.1) is 0 Å². The van der Waals surface area contributed by atoms with Crippen molar-refractivity contribution in [2.75, 3.05) is 0 Å². The third-order valence-electron chi connectivity index (χ3n) is 4.83. The Morgan fingerprint density at radius 3 is 1.66 bits per heavy atom. The SMILES string of the molecule is FC1=NC(c2ccccc2)(c2ccccc2)OC1(c1ccc(Cl)cc1)C(F)(F)F. The number of halogens is 5. The summed E-state index contributed by atoms with van der Waals surface area (Å²) in [6.45, 7) is 0. The summed E-state index contributed by atoms with van der Waals surface area (Å²) in [5.74, 6) is -1.67. The Morgan fingerprint density at radius 2 is 1.21 bits per heavy atom. The number of rotatable bonds is 3. The van der Waals surface area contributed by atoms with Gasteiger partial charge in [0.1, 0.15) is 0 Å². The van der Waals surface area contributed by atoms with Crippen LogP contribution in [-0.4, -0.2) is 12.1 Å². The highest BCUT2D eigenvalue weighted by Gasteiger charge is 2.69. The van der Waals surface area contributed by atoms with Crippen molar-refractivity contribution in [1.29, 1.82) is 0 Å². The molecule has 0 fully saturated rings. The second-order valence-electron chi connectivity index (χ2n) is 6.57. The fourth-order valence-electron chi connectivity index (χ4n) is 3.45. The van der Waals surface area contributed by atoms with Crippen LogP contribution in [0, 0.1) is 0 Å². The fourth-order valence-corrected chi connectivity index (χ4v) is 3.57. The molecule has 2 nitrogen and oxygen atoms in total. The van der Waals surface area contributed by atoms with E-state index in [9.17, 15) is 13.2 Å². The maximum absolute atomic E-state index is 15.3. The Labute approximate surface area is 169 Å². The van der Waals surface area contributed by atoms with Crippen molar-refractivity contribution in [3.63, 3.8) is 0 Å². The van der Waals surface area contributed by atoms with Gasteiger partial charge in [-0.25, -0.2) is 4.99 Å². The lowest BCUT2D eigenvalue weighted by Crippen LogP contribution is -2.49. The molecule has 3 aromatic rings. The van der Waals surface area contributed by atoms with Crippen LogP contribution >= 0.6 is 11.6 Å². The van der Waals surface area contributed by atoms with Crippen molar-refractivity contribution >= 4 is 17.6 Å². The molecule has 0 aromatic heterocycles. The fraction of sp³-hybridized carbons (Fsp3) is 0.136. The van der Waals surface area contributed by atoms with Gasteiger partial charge in [0.2, 0.25) is 11.7 Å². The molecular weight excluding hydrogens is 406 g/mol. The zero-order valence-corrected chi connectivity index (χ0v) is 15.6. The average Bonchev–Trinajstić information content (AvgIpc) is 3.05. The van der Waals surface area contributed by atoms with Crippen LogP contribution in [-0.2, 0) is 16.1 Å². The van der Waals surface area contributed by atoms with Gasteiger partial charge < -0.3 is 4.74 Å². The quantitative estimate of drug-likeness (QED) is 0.450. The number of hydrogen-bond donors (Lipinski definition) is 0. The molecule has 1 heterocycles. The number of hydrogen-bond acceptors (Lipinski definition) is 2. The van der Waals surface area contributed by atoms with Crippen molar-refractivity contribution in [2.45, 2.75) is 17.5 Å². The Bertz CT molecular complexity index is 996. The molecule has 0 amide bonds. The molecule has 1 atom stereocenters. The molecule has 0 radical (unpaired) electrons. The smallest absolute Gasteiger partial charge is 0.316 e. The highest BCUT2D eigenvalue weighted by Crippen LogP contribution is 2.55. The van der Waals surface area contributed by atoms with E-state index in [0.29, 0.717) is 0 Å². The number of nitrogens with zero attached hydrogens (tertiary/aromatic N) is 1. The van der Waals surface area contributed by atoms with Gasteiger partial charge in [-0.2, -0.15) is 17.6 Å². The molecule has 0 bridgehead atoms. The van der Waals surface area contributed by atoms with Crippen molar-refractivity contribution in [1.82, 2.24) is 0 Å². The molecule has 0 saturated carbocycles. The van der Waals surface area contributed by atoms with Crippen LogP contribution in [0.3, 0.4) is 0 Å².